The first kappa shape index (κ1) is 27.2. The van der Waals surface area contributed by atoms with E-state index in [-0.39, 0.29) is 12.0 Å². The van der Waals surface area contributed by atoms with E-state index in [0.717, 1.165) is 41.8 Å². The normalized spacial score (nSPS) is 14.1. The molecule has 1 N–H and O–H groups in total. The molecule has 33 heavy (non-hydrogen) atoms. The minimum Gasteiger partial charge on any atom is -0.491 e. The molecule has 0 heterocycles. The van der Waals surface area contributed by atoms with Crippen molar-refractivity contribution in [2.75, 3.05) is 24.2 Å². The first-order valence-electron chi connectivity index (χ1n) is 11.7. The summed E-state index contributed by atoms with van der Waals surface area (Å²) in [6.45, 7) is 12.5. The zero-order valence-corrected chi connectivity index (χ0v) is 22.3. The molecule has 2 rings (SSSR count). The molecular formula is C27H41NO4S. The second-order valence-electron chi connectivity index (χ2n) is 10.2. The molecule has 2 unspecified atom stereocenters. The van der Waals surface area contributed by atoms with Crippen molar-refractivity contribution in [3.05, 3.63) is 58.7 Å². The summed E-state index contributed by atoms with van der Waals surface area (Å²) in [5, 5.41) is 10.2. The van der Waals surface area contributed by atoms with Gasteiger partial charge in [-0.2, -0.15) is 0 Å². The summed E-state index contributed by atoms with van der Waals surface area (Å²) in [7, 11) is -1.69. The van der Waals surface area contributed by atoms with E-state index in [1.165, 1.54) is 21.7 Å². The summed E-state index contributed by atoms with van der Waals surface area (Å²) in [5.74, 6) is 1.22. The lowest BCUT2D eigenvalue weighted by Crippen LogP contribution is -2.32. The predicted molar refractivity (Wildman–Crippen MR) is 138 cm³/mol. The van der Waals surface area contributed by atoms with Crippen LogP contribution in [-0.4, -0.2) is 39.5 Å². The molecule has 0 fully saturated rings. The van der Waals surface area contributed by atoms with Gasteiger partial charge in [-0.15, -0.1) is 0 Å². The van der Waals surface area contributed by atoms with Gasteiger partial charge in [0, 0.05) is 7.05 Å². The highest BCUT2D eigenvalue weighted by Gasteiger charge is 2.23. The number of hydrogen-bond acceptors (Lipinski definition) is 4. The molecule has 0 aliphatic rings. The van der Waals surface area contributed by atoms with E-state index in [1.54, 1.807) is 7.05 Å². The number of aliphatic hydroxyl groups excluding tert-OH is 1. The van der Waals surface area contributed by atoms with Gasteiger partial charge in [0.2, 0.25) is 10.0 Å². The largest absolute Gasteiger partial charge is 0.491 e. The van der Waals surface area contributed by atoms with Gasteiger partial charge in [0.1, 0.15) is 12.4 Å². The van der Waals surface area contributed by atoms with Crippen molar-refractivity contribution in [1.29, 1.82) is 0 Å². The molecule has 0 aliphatic heterocycles. The molecule has 5 nitrogen and oxygen atoms in total. The van der Waals surface area contributed by atoms with Crippen LogP contribution in [0.3, 0.4) is 0 Å². The van der Waals surface area contributed by atoms with Crippen LogP contribution in [-0.2, 0) is 16.4 Å². The molecule has 0 amide bonds. The Balaban J connectivity index is 2.06. The van der Waals surface area contributed by atoms with Gasteiger partial charge in [-0.05, 0) is 78.8 Å². The van der Waals surface area contributed by atoms with E-state index in [2.05, 4.69) is 31.2 Å². The molecule has 0 bridgehead atoms. The topological polar surface area (TPSA) is 66.8 Å². The average molecular weight is 476 g/mol. The molecule has 184 valence electrons. The lowest BCUT2D eigenvalue weighted by Gasteiger charge is -2.26. The average Bonchev–Trinajstić information content (AvgIpc) is 2.71. The minimum absolute atomic E-state index is 0.209. The summed E-state index contributed by atoms with van der Waals surface area (Å²) >= 11 is 0. The Morgan fingerprint density at radius 1 is 1.06 bits per heavy atom. The summed E-state index contributed by atoms with van der Waals surface area (Å²) in [6.07, 6.45) is 3.69. The highest BCUT2D eigenvalue weighted by atomic mass is 32.2. The van der Waals surface area contributed by atoms with Crippen molar-refractivity contribution in [3.63, 3.8) is 0 Å². The van der Waals surface area contributed by atoms with Crippen LogP contribution in [0.4, 0.5) is 5.69 Å². The molecule has 0 aliphatic carbocycles. The standard InChI is InChI=1S/C27H41NO4S/c1-9-22(23-13-14-24(19(2)17-23)28(7)33(8,30)31)12-10-21-11-15-25(20(3)16-21)32-18-26(29)27(4,5)6/h11,13-17,22,26,29H,9-10,12,18H2,1-8H3. The SMILES string of the molecule is CCC(CCc1ccc(OCC(O)C(C)(C)C)c(C)c1)c1ccc(N(C)S(C)(=O)=O)c(C)c1. The highest BCUT2D eigenvalue weighted by molar-refractivity contribution is 7.92. The van der Waals surface area contributed by atoms with Gasteiger partial charge in [0.25, 0.3) is 0 Å². The van der Waals surface area contributed by atoms with Crippen LogP contribution < -0.4 is 9.04 Å². The van der Waals surface area contributed by atoms with E-state index in [1.807, 2.05) is 46.8 Å². The third-order valence-electron chi connectivity index (χ3n) is 6.44. The summed E-state index contributed by atoms with van der Waals surface area (Å²) in [5.41, 5.74) is 5.06. The molecule has 2 aromatic carbocycles. The monoisotopic (exact) mass is 475 g/mol. The fourth-order valence-electron chi connectivity index (χ4n) is 3.86. The second kappa shape index (κ2) is 10.9. The maximum Gasteiger partial charge on any atom is 0.232 e. The van der Waals surface area contributed by atoms with Crippen molar-refractivity contribution in [2.24, 2.45) is 5.41 Å². The van der Waals surface area contributed by atoms with Gasteiger partial charge in [0.15, 0.2) is 0 Å². The molecule has 0 radical (unpaired) electrons. The fourth-order valence-corrected chi connectivity index (χ4v) is 4.42. The number of hydrogen-bond donors (Lipinski definition) is 1. The van der Waals surface area contributed by atoms with Crippen LogP contribution in [0, 0.1) is 19.3 Å². The number of anilines is 1. The molecule has 0 saturated heterocycles. The number of aliphatic hydroxyl groups is 1. The van der Waals surface area contributed by atoms with E-state index in [9.17, 15) is 13.5 Å². The summed E-state index contributed by atoms with van der Waals surface area (Å²) in [6, 6.07) is 12.4. The van der Waals surface area contributed by atoms with Crippen molar-refractivity contribution < 1.29 is 18.3 Å². The molecule has 0 aromatic heterocycles. The zero-order valence-electron chi connectivity index (χ0n) is 21.5. The Bertz CT molecular complexity index is 1040. The number of ether oxygens (including phenoxy) is 1. The van der Waals surface area contributed by atoms with Crippen LogP contribution in [0.2, 0.25) is 0 Å². The van der Waals surface area contributed by atoms with E-state index in [0.29, 0.717) is 5.92 Å². The van der Waals surface area contributed by atoms with E-state index in [4.69, 9.17) is 4.74 Å². The van der Waals surface area contributed by atoms with Gasteiger partial charge in [-0.3, -0.25) is 4.31 Å². The first-order valence-corrected chi connectivity index (χ1v) is 13.5. The Kier molecular flexibility index (Phi) is 9.00. The van der Waals surface area contributed by atoms with Crippen LogP contribution >= 0.6 is 0 Å². The Morgan fingerprint density at radius 3 is 2.24 bits per heavy atom. The van der Waals surface area contributed by atoms with Gasteiger partial charge < -0.3 is 9.84 Å². The quantitative estimate of drug-likeness (QED) is 0.485. The number of sulfonamides is 1. The van der Waals surface area contributed by atoms with Crippen molar-refractivity contribution in [3.8, 4) is 5.75 Å². The van der Waals surface area contributed by atoms with E-state index >= 15 is 0 Å². The fraction of sp³-hybridized carbons (Fsp3) is 0.556. The molecular weight excluding hydrogens is 434 g/mol. The lowest BCUT2D eigenvalue weighted by molar-refractivity contribution is 0.0216. The second-order valence-corrected chi connectivity index (χ2v) is 12.2. The Hall–Kier alpha value is -2.05. The molecule has 6 heteroatoms. The lowest BCUT2D eigenvalue weighted by atomic mass is 9.89. The van der Waals surface area contributed by atoms with Gasteiger partial charge in [-0.1, -0.05) is 52.0 Å². The number of aryl methyl sites for hydroxylation is 3. The van der Waals surface area contributed by atoms with Crippen LogP contribution in [0.15, 0.2) is 36.4 Å². The third-order valence-corrected chi connectivity index (χ3v) is 7.63. The van der Waals surface area contributed by atoms with Crippen LogP contribution in [0.25, 0.3) is 0 Å². The van der Waals surface area contributed by atoms with Crippen molar-refractivity contribution >= 4 is 15.7 Å². The number of benzene rings is 2. The van der Waals surface area contributed by atoms with Crippen LogP contribution in [0.1, 0.15) is 68.7 Å². The Labute approximate surface area is 200 Å². The zero-order chi connectivity index (χ0) is 25.0. The summed E-state index contributed by atoms with van der Waals surface area (Å²) < 4.78 is 31.0. The number of rotatable bonds is 10. The molecule has 0 saturated carbocycles. The predicted octanol–water partition coefficient (Wildman–Crippen LogP) is 5.61. The van der Waals surface area contributed by atoms with Crippen LogP contribution in [0.5, 0.6) is 5.75 Å². The number of nitrogens with zero attached hydrogens (tertiary/aromatic N) is 1. The first-order chi connectivity index (χ1) is 15.2. The minimum atomic E-state index is -3.28. The van der Waals surface area contributed by atoms with Gasteiger partial charge >= 0.3 is 0 Å². The van der Waals surface area contributed by atoms with Gasteiger partial charge in [-0.25, -0.2) is 8.42 Å². The molecule has 0 spiro atoms. The molecule has 2 aromatic rings. The highest BCUT2D eigenvalue weighted by Crippen LogP contribution is 2.31. The van der Waals surface area contributed by atoms with Crippen molar-refractivity contribution in [1.82, 2.24) is 0 Å². The smallest absolute Gasteiger partial charge is 0.232 e. The third kappa shape index (κ3) is 7.47. The maximum absolute atomic E-state index is 11.9. The molecule has 2 atom stereocenters. The maximum atomic E-state index is 11.9. The van der Waals surface area contributed by atoms with E-state index < -0.39 is 16.1 Å². The summed E-state index contributed by atoms with van der Waals surface area (Å²) in [4.78, 5) is 0. The Morgan fingerprint density at radius 2 is 1.73 bits per heavy atom. The van der Waals surface area contributed by atoms with Gasteiger partial charge in [0.05, 0.1) is 18.0 Å². The van der Waals surface area contributed by atoms with Crippen molar-refractivity contribution in [2.45, 2.75) is 72.8 Å².